The van der Waals surface area contributed by atoms with Gasteiger partial charge in [0, 0.05) is 0 Å². The highest BCUT2D eigenvalue weighted by atomic mass is 32.2. The Morgan fingerprint density at radius 3 is 2.55 bits per heavy atom. The van der Waals surface area contributed by atoms with Gasteiger partial charge in [0.05, 0.1) is 30.5 Å². The van der Waals surface area contributed by atoms with E-state index < -0.39 is 31.8 Å². The molecule has 20 heavy (non-hydrogen) atoms. The molecule has 0 amide bonds. The molecule has 0 saturated carbocycles. The van der Waals surface area contributed by atoms with Crippen LogP contribution in [0.1, 0.15) is 5.56 Å². The zero-order valence-corrected chi connectivity index (χ0v) is 12.6. The van der Waals surface area contributed by atoms with E-state index in [9.17, 15) is 16.8 Å². The number of benzene rings is 1. The van der Waals surface area contributed by atoms with E-state index in [1.165, 1.54) is 12.1 Å². The Morgan fingerprint density at radius 1 is 1.30 bits per heavy atom. The number of aryl methyl sites for hydroxylation is 1. The number of sulfone groups is 1. The summed E-state index contributed by atoms with van der Waals surface area (Å²) in [6.07, 6.45) is 0. The van der Waals surface area contributed by atoms with Crippen LogP contribution >= 0.6 is 0 Å². The van der Waals surface area contributed by atoms with Gasteiger partial charge in [0.15, 0.2) is 9.84 Å². The summed E-state index contributed by atoms with van der Waals surface area (Å²) in [5.41, 5.74) is 0.923. The average molecular weight is 320 g/mol. The summed E-state index contributed by atoms with van der Waals surface area (Å²) in [4.78, 5) is 0.0113. The molecule has 1 aliphatic heterocycles. The summed E-state index contributed by atoms with van der Waals surface area (Å²) in [7, 11) is -7.30. The standard InChI is InChI=1S/C12H16O6S2/c1-10-2-4-11(5-3-10)20(15,16)18-9-12-8-17-6-7-19(12,13)14/h2-5,12H,6-9H2,1H3. The predicted octanol–water partition coefficient (Wildman–Crippen LogP) is 0.514. The molecular formula is C12H16O6S2. The lowest BCUT2D eigenvalue weighted by Gasteiger charge is -2.22. The first-order valence-corrected chi connectivity index (χ1v) is 9.19. The van der Waals surface area contributed by atoms with E-state index in [0.29, 0.717) is 0 Å². The van der Waals surface area contributed by atoms with E-state index in [1.54, 1.807) is 12.1 Å². The molecule has 1 fully saturated rings. The van der Waals surface area contributed by atoms with Crippen LogP contribution in [0, 0.1) is 6.92 Å². The van der Waals surface area contributed by atoms with Gasteiger partial charge in [-0.05, 0) is 19.1 Å². The van der Waals surface area contributed by atoms with Gasteiger partial charge in [-0.1, -0.05) is 17.7 Å². The smallest absolute Gasteiger partial charge is 0.297 e. The molecule has 1 aromatic rings. The molecule has 1 unspecified atom stereocenters. The van der Waals surface area contributed by atoms with Crippen molar-refractivity contribution in [1.29, 1.82) is 0 Å². The minimum atomic E-state index is -3.95. The van der Waals surface area contributed by atoms with Crippen LogP contribution in [0.4, 0.5) is 0 Å². The predicted molar refractivity (Wildman–Crippen MR) is 72.7 cm³/mol. The molecule has 0 spiro atoms. The maximum Gasteiger partial charge on any atom is 0.297 e. The van der Waals surface area contributed by atoms with Crippen LogP contribution < -0.4 is 0 Å². The fraction of sp³-hybridized carbons (Fsp3) is 0.500. The molecule has 1 aromatic carbocycles. The van der Waals surface area contributed by atoms with E-state index in [1.807, 2.05) is 6.92 Å². The van der Waals surface area contributed by atoms with Gasteiger partial charge in [0.1, 0.15) is 5.25 Å². The minimum absolute atomic E-state index is 0.0113. The summed E-state index contributed by atoms with van der Waals surface area (Å²) in [5.74, 6) is -0.106. The van der Waals surface area contributed by atoms with Crippen LogP contribution in [-0.2, 0) is 28.9 Å². The van der Waals surface area contributed by atoms with Gasteiger partial charge >= 0.3 is 0 Å². The number of rotatable bonds is 4. The highest BCUT2D eigenvalue weighted by molar-refractivity contribution is 7.92. The van der Waals surface area contributed by atoms with Gasteiger partial charge in [-0.15, -0.1) is 0 Å². The highest BCUT2D eigenvalue weighted by Crippen LogP contribution is 2.16. The maximum absolute atomic E-state index is 11.9. The SMILES string of the molecule is Cc1ccc(S(=O)(=O)OCC2COCCS2(=O)=O)cc1. The van der Waals surface area contributed by atoms with Crippen molar-refractivity contribution in [1.82, 2.24) is 0 Å². The second kappa shape index (κ2) is 5.80. The zero-order chi connectivity index (χ0) is 14.8. The number of hydrogen-bond donors (Lipinski definition) is 0. The van der Waals surface area contributed by atoms with Gasteiger partial charge in [-0.25, -0.2) is 8.42 Å². The third-order valence-corrected chi connectivity index (χ3v) is 6.36. The molecular weight excluding hydrogens is 304 g/mol. The Balaban J connectivity index is 2.08. The third kappa shape index (κ3) is 3.57. The topological polar surface area (TPSA) is 86.7 Å². The van der Waals surface area contributed by atoms with Crippen molar-refractivity contribution < 1.29 is 25.8 Å². The van der Waals surface area contributed by atoms with E-state index in [2.05, 4.69) is 0 Å². The van der Waals surface area contributed by atoms with Crippen molar-refractivity contribution in [2.75, 3.05) is 25.6 Å². The molecule has 2 rings (SSSR count). The molecule has 1 aliphatic rings. The first-order chi connectivity index (χ1) is 9.31. The second-order valence-electron chi connectivity index (χ2n) is 4.62. The van der Waals surface area contributed by atoms with Crippen molar-refractivity contribution in [2.45, 2.75) is 17.1 Å². The fourth-order valence-corrected chi connectivity index (χ4v) is 4.05. The lowest BCUT2D eigenvalue weighted by atomic mass is 10.2. The first kappa shape index (κ1) is 15.4. The minimum Gasteiger partial charge on any atom is -0.379 e. The molecule has 6 nitrogen and oxygen atoms in total. The Bertz CT molecular complexity index is 660. The molecule has 8 heteroatoms. The lowest BCUT2D eigenvalue weighted by Crippen LogP contribution is -2.39. The lowest BCUT2D eigenvalue weighted by molar-refractivity contribution is 0.124. The maximum atomic E-state index is 11.9. The molecule has 1 saturated heterocycles. The molecule has 0 aromatic heterocycles. The summed E-state index contributed by atoms with van der Waals surface area (Å²) >= 11 is 0. The fourth-order valence-electron chi connectivity index (χ4n) is 1.75. The monoisotopic (exact) mass is 320 g/mol. The molecule has 0 N–H and O–H groups in total. The normalized spacial score (nSPS) is 22.6. The Labute approximate surface area is 118 Å². The molecule has 1 atom stereocenters. The molecule has 112 valence electrons. The van der Waals surface area contributed by atoms with Crippen LogP contribution in [-0.4, -0.2) is 47.7 Å². The van der Waals surface area contributed by atoms with Gasteiger partial charge in [0.2, 0.25) is 0 Å². The third-order valence-electron chi connectivity index (χ3n) is 3.04. The van der Waals surface area contributed by atoms with Crippen LogP contribution in [0.5, 0.6) is 0 Å². The highest BCUT2D eigenvalue weighted by Gasteiger charge is 2.31. The zero-order valence-electron chi connectivity index (χ0n) is 11.0. The second-order valence-corrected chi connectivity index (χ2v) is 8.63. The van der Waals surface area contributed by atoms with Crippen molar-refractivity contribution in [3.8, 4) is 0 Å². The van der Waals surface area contributed by atoms with E-state index in [0.717, 1.165) is 5.56 Å². The van der Waals surface area contributed by atoms with Gasteiger partial charge in [-0.3, -0.25) is 4.18 Å². The van der Waals surface area contributed by atoms with Crippen molar-refractivity contribution in [3.05, 3.63) is 29.8 Å². The Morgan fingerprint density at radius 2 is 1.95 bits per heavy atom. The summed E-state index contributed by atoms with van der Waals surface area (Å²) in [6.45, 7) is 1.52. The molecule has 0 radical (unpaired) electrons. The van der Waals surface area contributed by atoms with Gasteiger partial charge in [0.25, 0.3) is 10.1 Å². The van der Waals surface area contributed by atoms with Gasteiger partial charge in [-0.2, -0.15) is 8.42 Å². The number of ether oxygens (including phenoxy) is 1. The van der Waals surface area contributed by atoms with Crippen LogP contribution in [0.2, 0.25) is 0 Å². The molecule has 1 heterocycles. The average Bonchev–Trinajstić information content (AvgIpc) is 2.37. The summed E-state index contributed by atoms with van der Waals surface area (Å²) in [6, 6.07) is 6.15. The summed E-state index contributed by atoms with van der Waals surface area (Å²) in [5, 5.41) is -0.934. The van der Waals surface area contributed by atoms with Crippen molar-refractivity contribution >= 4 is 20.0 Å². The van der Waals surface area contributed by atoms with Crippen LogP contribution in [0.25, 0.3) is 0 Å². The van der Waals surface area contributed by atoms with E-state index in [-0.39, 0.29) is 23.9 Å². The quantitative estimate of drug-likeness (QED) is 0.752. The molecule has 0 bridgehead atoms. The largest absolute Gasteiger partial charge is 0.379 e. The van der Waals surface area contributed by atoms with Crippen LogP contribution in [0.3, 0.4) is 0 Å². The van der Waals surface area contributed by atoms with Crippen molar-refractivity contribution in [2.24, 2.45) is 0 Å². The Hall–Kier alpha value is -0.960. The van der Waals surface area contributed by atoms with Crippen molar-refractivity contribution in [3.63, 3.8) is 0 Å². The molecule has 0 aliphatic carbocycles. The number of hydrogen-bond acceptors (Lipinski definition) is 6. The summed E-state index contributed by atoms with van der Waals surface area (Å²) < 4.78 is 57.2. The van der Waals surface area contributed by atoms with E-state index in [4.69, 9.17) is 8.92 Å². The first-order valence-electron chi connectivity index (χ1n) is 6.07. The van der Waals surface area contributed by atoms with Gasteiger partial charge < -0.3 is 4.74 Å². The Kier molecular flexibility index (Phi) is 4.48. The van der Waals surface area contributed by atoms with Crippen LogP contribution in [0.15, 0.2) is 29.2 Å². The van der Waals surface area contributed by atoms with E-state index >= 15 is 0 Å².